The van der Waals surface area contributed by atoms with Crippen molar-refractivity contribution in [1.82, 2.24) is 4.90 Å². The summed E-state index contributed by atoms with van der Waals surface area (Å²) in [5, 5.41) is 12.8. The van der Waals surface area contributed by atoms with Crippen molar-refractivity contribution in [3.05, 3.63) is 91.0 Å². The molecule has 0 aromatic heterocycles. The number of carbonyl (C=O) groups is 3. The lowest BCUT2D eigenvalue weighted by Crippen LogP contribution is -2.58. The van der Waals surface area contributed by atoms with Crippen molar-refractivity contribution in [2.45, 2.75) is 54.7 Å². The Morgan fingerprint density at radius 1 is 1.12 bits per heavy atom. The molecule has 3 aliphatic rings. The lowest BCUT2D eigenvalue weighted by Gasteiger charge is -2.39. The number of hydrogen-bond donors (Lipinski definition) is 1. The second kappa shape index (κ2) is 11.5. The first-order chi connectivity index (χ1) is 20.8. The van der Waals surface area contributed by atoms with Gasteiger partial charge in [0.05, 0.1) is 35.8 Å². The van der Waals surface area contributed by atoms with Gasteiger partial charge in [-0.15, -0.1) is 18.3 Å². The molecule has 3 aliphatic heterocycles. The number of ether oxygens (including phenoxy) is 1. The minimum absolute atomic E-state index is 0.221. The number of amides is 2. The summed E-state index contributed by atoms with van der Waals surface area (Å²) < 4.78 is 4.19. The molecule has 0 aliphatic carbocycles. The van der Waals surface area contributed by atoms with E-state index in [1.807, 2.05) is 79.7 Å². The van der Waals surface area contributed by atoms with Crippen molar-refractivity contribution in [3.8, 4) is 0 Å². The normalized spacial score (nSPS) is 28.1. The average molecular weight is 599 g/mol. The maximum atomic E-state index is 15.0. The first-order valence-corrected chi connectivity index (χ1v) is 15.8. The molecule has 6 atom stereocenters. The Bertz CT molecular complexity index is 1560. The number of thioether (sulfide) groups is 1. The first-order valence-electron chi connectivity index (χ1n) is 15.0. The van der Waals surface area contributed by atoms with Gasteiger partial charge in [0, 0.05) is 17.0 Å². The molecule has 3 aromatic carbocycles. The second-order valence-corrected chi connectivity index (χ2v) is 13.9. The Hall–Kier alpha value is -3.62. The van der Waals surface area contributed by atoms with E-state index in [0.29, 0.717) is 24.9 Å². The summed E-state index contributed by atoms with van der Waals surface area (Å²) in [4.78, 5) is 46.4. The largest absolute Gasteiger partial charge is 0.466 e. The van der Waals surface area contributed by atoms with E-state index in [0.717, 1.165) is 16.3 Å². The molecule has 0 radical (unpaired) electrons. The van der Waals surface area contributed by atoms with Gasteiger partial charge >= 0.3 is 5.97 Å². The predicted molar refractivity (Wildman–Crippen MR) is 170 cm³/mol. The summed E-state index contributed by atoms with van der Waals surface area (Å²) in [6.07, 6.45) is 3.40. The van der Waals surface area contributed by atoms with Crippen LogP contribution in [0.3, 0.4) is 0 Å². The van der Waals surface area contributed by atoms with Crippen molar-refractivity contribution >= 4 is 46.0 Å². The fraction of sp³-hybridized carbons (Fsp3) is 0.400. The molecule has 224 valence electrons. The van der Waals surface area contributed by atoms with Crippen LogP contribution in [0.5, 0.6) is 0 Å². The highest BCUT2D eigenvalue weighted by Crippen LogP contribution is 2.72. The van der Waals surface area contributed by atoms with Crippen LogP contribution in [0.2, 0.25) is 0 Å². The summed E-state index contributed by atoms with van der Waals surface area (Å²) in [5.41, 5.74) is 1.67. The molecule has 43 heavy (non-hydrogen) atoms. The van der Waals surface area contributed by atoms with Crippen LogP contribution in [0.4, 0.5) is 5.69 Å². The number of hydrogen-bond acceptors (Lipinski definition) is 6. The van der Waals surface area contributed by atoms with E-state index in [1.54, 1.807) is 34.6 Å². The molecule has 6 rings (SSSR count). The van der Waals surface area contributed by atoms with Gasteiger partial charge in [0.15, 0.2) is 0 Å². The number of benzene rings is 3. The highest BCUT2D eigenvalue weighted by Gasteiger charge is 2.78. The van der Waals surface area contributed by atoms with Gasteiger partial charge in [-0.25, -0.2) is 0 Å². The molecule has 2 bridgehead atoms. The zero-order chi connectivity index (χ0) is 30.4. The molecule has 8 heteroatoms. The Morgan fingerprint density at radius 2 is 1.84 bits per heavy atom. The van der Waals surface area contributed by atoms with Crippen LogP contribution >= 0.6 is 11.8 Å². The van der Waals surface area contributed by atoms with E-state index in [9.17, 15) is 14.7 Å². The van der Waals surface area contributed by atoms with Crippen LogP contribution in [0.1, 0.15) is 32.3 Å². The van der Waals surface area contributed by atoms with E-state index in [4.69, 9.17) is 4.74 Å². The number of carbonyl (C=O) groups excluding carboxylic acids is 3. The number of anilines is 1. The highest BCUT2D eigenvalue weighted by molar-refractivity contribution is 8.02. The Kier molecular flexibility index (Phi) is 7.86. The third-order valence-electron chi connectivity index (χ3n) is 9.53. The first kappa shape index (κ1) is 29.5. The number of aliphatic hydroxyl groups excluding tert-OH is 1. The number of aliphatic hydroxyl groups is 1. The Balaban J connectivity index is 1.47. The maximum absolute atomic E-state index is 15.0. The van der Waals surface area contributed by atoms with Gasteiger partial charge in [-0.05, 0) is 61.6 Å². The van der Waals surface area contributed by atoms with Gasteiger partial charge in [-0.2, -0.15) is 0 Å². The summed E-state index contributed by atoms with van der Waals surface area (Å²) in [6.45, 7) is 7.90. The molecule has 1 N–H and O–H groups in total. The monoisotopic (exact) mass is 598 g/mol. The van der Waals surface area contributed by atoms with Gasteiger partial charge in [-0.3, -0.25) is 14.4 Å². The molecule has 0 saturated carbocycles. The molecule has 7 nitrogen and oxygen atoms in total. The van der Waals surface area contributed by atoms with Crippen LogP contribution in [0, 0.1) is 11.8 Å². The fourth-order valence-electron chi connectivity index (χ4n) is 7.71. The van der Waals surface area contributed by atoms with Crippen LogP contribution in [0.25, 0.3) is 10.8 Å². The van der Waals surface area contributed by atoms with Gasteiger partial charge in [-0.1, -0.05) is 66.7 Å². The van der Waals surface area contributed by atoms with E-state index in [1.165, 1.54) is 0 Å². The SMILES string of the molecule is C=CCN(C(=O)C1N([C@@H](CO)Cc2ccccc2)C(=O)[C@@H]2[C@@H](C(=O)OCC)[C@@]3(C)CCC12S3)c1ccc2ccccc2c1. The number of nitrogens with zero attached hydrogens (tertiary/aromatic N) is 2. The highest BCUT2D eigenvalue weighted by atomic mass is 32.2. The summed E-state index contributed by atoms with van der Waals surface area (Å²) in [6, 6.07) is 22.1. The smallest absolute Gasteiger partial charge is 0.311 e. The summed E-state index contributed by atoms with van der Waals surface area (Å²) in [7, 11) is 0. The molecule has 2 amide bonds. The zero-order valence-electron chi connectivity index (χ0n) is 24.6. The van der Waals surface area contributed by atoms with Crippen molar-refractivity contribution < 1.29 is 24.2 Å². The van der Waals surface area contributed by atoms with Crippen molar-refractivity contribution in [1.29, 1.82) is 0 Å². The molecule has 3 fully saturated rings. The Morgan fingerprint density at radius 3 is 2.53 bits per heavy atom. The van der Waals surface area contributed by atoms with Crippen molar-refractivity contribution in [2.24, 2.45) is 11.8 Å². The molecule has 1 spiro atoms. The third kappa shape index (κ3) is 4.75. The quantitative estimate of drug-likeness (QED) is 0.261. The summed E-state index contributed by atoms with van der Waals surface area (Å²) >= 11 is 1.61. The minimum Gasteiger partial charge on any atom is -0.466 e. The van der Waals surface area contributed by atoms with Crippen molar-refractivity contribution in [2.75, 3.05) is 24.7 Å². The van der Waals surface area contributed by atoms with E-state index in [2.05, 4.69) is 6.58 Å². The second-order valence-electron chi connectivity index (χ2n) is 12.0. The molecular formula is C35H38N2O5S. The standard InChI is InChI=1S/C35H38N2O5S/c1-4-19-36(26-16-15-24-13-9-10-14-25(24)21-26)32(40)30-35-18-17-34(3,43-35)29(33(41)42-5-2)28(35)31(39)37(30)27(22-38)20-23-11-7-6-8-12-23/h4,6-16,21,27-30,38H,1,5,17-20,22H2,2-3H3/t27-,28+,29+,30?,34-,35?/m1/s1. The average Bonchev–Trinajstić information content (AvgIpc) is 3.59. The lowest BCUT2D eigenvalue weighted by atomic mass is 9.66. The molecular weight excluding hydrogens is 560 g/mol. The van der Waals surface area contributed by atoms with E-state index in [-0.39, 0.29) is 37.5 Å². The zero-order valence-corrected chi connectivity index (χ0v) is 25.5. The third-order valence-corrected chi connectivity index (χ3v) is 11.5. The molecule has 3 aromatic rings. The number of fused-ring (bicyclic) bond motifs is 2. The van der Waals surface area contributed by atoms with Gasteiger partial charge in [0.25, 0.3) is 5.91 Å². The van der Waals surface area contributed by atoms with Crippen LogP contribution < -0.4 is 4.90 Å². The topological polar surface area (TPSA) is 87.2 Å². The van der Waals surface area contributed by atoms with E-state index >= 15 is 4.79 Å². The molecule has 3 saturated heterocycles. The van der Waals surface area contributed by atoms with Crippen LogP contribution in [0.15, 0.2) is 85.5 Å². The van der Waals surface area contributed by atoms with Crippen LogP contribution in [-0.2, 0) is 25.5 Å². The van der Waals surface area contributed by atoms with Gasteiger partial charge < -0.3 is 19.6 Å². The lowest BCUT2D eigenvalue weighted by molar-refractivity contribution is -0.155. The van der Waals surface area contributed by atoms with Crippen LogP contribution in [-0.4, -0.2) is 69.1 Å². The minimum atomic E-state index is -0.872. The predicted octanol–water partition coefficient (Wildman–Crippen LogP) is 5.01. The Labute approximate surface area is 256 Å². The van der Waals surface area contributed by atoms with Crippen molar-refractivity contribution in [3.63, 3.8) is 0 Å². The number of rotatable bonds is 10. The maximum Gasteiger partial charge on any atom is 0.311 e. The fourth-order valence-corrected chi connectivity index (χ4v) is 10.0. The molecule has 3 heterocycles. The van der Waals surface area contributed by atoms with E-state index < -0.39 is 33.4 Å². The number of likely N-dealkylation sites (tertiary alicyclic amines) is 1. The number of esters is 1. The van der Waals surface area contributed by atoms with Gasteiger partial charge in [0.1, 0.15) is 6.04 Å². The summed E-state index contributed by atoms with van der Waals surface area (Å²) in [5.74, 6) is -2.23. The molecule has 2 unspecified atom stereocenters. The van der Waals surface area contributed by atoms with Gasteiger partial charge in [0.2, 0.25) is 5.91 Å².